The highest BCUT2D eigenvalue weighted by atomic mass is 79.9. The van der Waals surface area contributed by atoms with Crippen molar-refractivity contribution in [3.63, 3.8) is 0 Å². The monoisotopic (exact) mass is 456 g/mol. The van der Waals surface area contributed by atoms with Crippen LogP contribution in [0.15, 0.2) is 76.3 Å². The molecule has 2 aliphatic heterocycles. The zero-order chi connectivity index (χ0) is 19.3. The molecule has 2 aliphatic rings. The van der Waals surface area contributed by atoms with E-state index in [0.29, 0.717) is 9.50 Å². The third-order valence-electron chi connectivity index (χ3n) is 5.11. The van der Waals surface area contributed by atoms with Crippen LogP contribution in [0.5, 0.6) is 5.75 Å². The first-order valence-electron chi connectivity index (χ1n) is 8.92. The van der Waals surface area contributed by atoms with Gasteiger partial charge in [0, 0.05) is 22.6 Å². The topological polar surface area (TPSA) is 24.8 Å². The number of para-hydroxylation sites is 1. The predicted octanol–water partition coefficient (Wildman–Crippen LogP) is 6.48. The summed E-state index contributed by atoms with van der Waals surface area (Å²) in [4.78, 5) is 0. The molecule has 2 heterocycles. The summed E-state index contributed by atoms with van der Waals surface area (Å²) < 4.78 is 20.4. The molecule has 5 rings (SSSR count). The molecular weight excluding hydrogens is 443 g/mol. The summed E-state index contributed by atoms with van der Waals surface area (Å²) in [5, 5.41) is 7.57. The molecule has 0 bridgehead atoms. The number of hydrogen-bond acceptors (Lipinski definition) is 3. The number of rotatable bonds is 2. The van der Waals surface area contributed by atoms with Crippen molar-refractivity contribution in [2.75, 3.05) is 0 Å². The van der Waals surface area contributed by atoms with Gasteiger partial charge in [-0.25, -0.2) is 9.40 Å². The largest absolute Gasteiger partial charge is 0.464 e. The molecule has 3 nitrogen and oxygen atoms in total. The number of hydrazone groups is 1. The summed E-state index contributed by atoms with van der Waals surface area (Å²) in [5.74, 6) is 0.532. The molecule has 0 fully saturated rings. The van der Waals surface area contributed by atoms with Gasteiger partial charge in [-0.1, -0.05) is 48.0 Å². The summed E-state index contributed by atoms with van der Waals surface area (Å²) in [6.45, 7) is 0. The Balaban J connectivity index is 1.59. The minimum absolute atomic E-state index is 0.0597. The Kier molecular flexibility index (Phi) is 4.37. The Morgan fingerprint density at radius 2 is 1.86 bits per heavy atom. The van der Waals surface area contributed by atoms with E-state index in [1.165, 1.54) is 6.07 Å². The lowest BCUT2D eigenvalue weighted by molar-refractivity contribution is -0.0191. The predicted molar refractivity (Wildman–Crippen MR) is 111 cm³/mol. The van der Waals surface area contributed by atoms with E-state index < -0.39 is 6.23 Å². The van der Waals surface area contributed by atoms with Crippen molar-refractivity contribution in [1.29, 1.82) is 0 Å². The summed E-state index contributed by atoms with van der Waals surface area (Å²) in [6, 6.07) is 20.7. The molecule has 0 aromatic heterocycles. The van der Waals surface area contributed by atoms with Crippen molar-refractivity contribution < 1.29 is 9.13 Å². The van der Waals surface area contributed by atoms with E-state index in [1.807, 2.05) is 47.5 Å². The van der Waals surface area contributed by atoms with E-state index in [2.05, 4.69) is 22.0 Å². The van der Waals surface area contributed by atoms with Crippen LogP contribution >= 0.6 is 27.5 Å². The first-order chi connectivity index (χ1) is 13.6. The summed E-state index contributed by atoms with van der Waals surface area (Å²) >= 11 is 9.31. The van der Waals surface area contributed by atoms with Gasteiger partial charge in [-0.3, -0.25) is 0 Å². The van der Waals surface area contributed by atoms with Gasteiger partial charge in [0.15, 0.2) is 0 Å². The SMILES string of the molecule is Fc1ccc([C@H]2Oc3ccccc3[C@H]3CC(c4ccc(Cl)cc4)=NN32)cc1Br. The van der Waals surface area contributed by atoms with Crippen molar-refractivity contribution >= 4 is 33.2 Å². The molecule has 0 saturated carbocycles. The molecule has 0 spiro atoms. The zero-order valence-electron chi connectivity index (χ0n) is 14.6. The number of nitrogens with zero attached hydrogens (tertiary/aromatic N) is 2. The second-order valence-corrected chi connectivity index (χ2v) is 8.13. The first-order valence-corrected chi connectivity index (χ1v) is 10.1. The lowest BCUT2D eigenvalue weighted by Crippen LogP contribution is -2.33. The first kappa shape index (κ1) is 17.7. The van der Waals surface area contributed by atoms with Gasteiger partial charge in [-0.15, -0.1) is 0 Å². The summed E-state index contributed by atoms with van der Waals surface area (Å²) in [6.07, 6.45) is 0.336. The number of benzene rings is 3. The fourth-order valence-electron chi connectivity index (χ4n) is 3.74. The fourth-order valence-corrected chi connectivity index (χ4v) is 4.26. The van der Waals surface area contributed by atoms with Crippen LogP contribution in [-0.4, -0.2) is 10.7 Å². The molecule has 0 aliphatic carbocycles. The Bertz CT molecular complexity index is 1090. The highest BCUT2D eigenvalue weighted by molar-refractivity contribution is 9.10. The molecule has 3 aromatic carbocycles. The van der Waals surface area contributed by atoms with Crippen LogP contribution < -0.4 is 4.74 Å². The molecule has 0 amide bonds. The Hall–Kier alpha value is -2.37. The van der Waals surface area contributed by atoms with E-state index in [1.54, 1.807) is 12.1 Å². The molecule has 3 aromatic rings. The fraction of sp³-hybridized carbons (Fsp3) is 0.136. The quantitative estimate of drug-likeness (QED) is 0.440. The average molecular weight is 458 g/mol. The molecule has 0 unspecified atom stereocenters. The third kappa shape index (κ3) is 2.99. The lowest BCUT2D eigenvalue weighted by Gasteiger charge is -2.38. The summed E-state index contributed by atoms with van der Waals surface area (Å²) in [5.41, 5.74) is 3.96. The van der Waals surface area contributed by atoms with Crippen LogP contribution in [0.1, 0.15) is 35.4 Å². The van der Waals surface area contributed by atoms with Crippen LogP contribution in [0.2, 0.25) is 5.02 Å². The number of fused-ring (bicyclic) bond motifs is 3. The van der Waals surface area contributed by atoms with Crippen LogP contribution in [-0.2, 0) is 0 Å². The van der Waals surface area contributed by atoms with Crippen molar-refractivity contribution in [3.05, 3.63) is 98.7 Å². The number of hydrogen-bond donors (Lipinski definition) is 0. The van der Waals surface area contributed by atoms with Gasteiger partial charge in [0.2, 0.25) is 6.23 Å². The molecule has 0 N–H and O–H groups in total. The van der Waals surface area contributed by atoms with Crippen molar-refractivity contribution in [3.8, 4) is 5.75 Å². The standard InChI is InChI=1S/C22H15BrClFN2O/c23-17-11-14(7-10-18(17)25)22-27-20(16-3-1-2-4-21(16)28-22)12-19(26-27)13-5-8-15(24)9-6-13/h1-11,20,22H,12H2/t20-,22-/m1/s1. The van der Waals surface area contributed by atoms with Crippen LogP contribution in [0.4, 0.5) is 4.39 Å². The number of halogens is 3. The Morgan fingerprint density at radius 3 is 2.64 bits per heavy atom. The van der Waals surface area contributed by atoms with Gasteiger partial charge in [-0.2, -0.15) is 5.10 Å². The number of ether oxygens (including phenoxy) is 1. The van der Waals surface area contributed by atoms with Gasteiger partial charge < -0.3 is 4.74 Å². The van der Waals surface area contributed by atoms with Crippen molar-refractivity contribution in [1.82, 2.24) is 5.01 Å². The second kappa shape index (κ2) is 6.90. The molecule has 140 valence electrons. The Morgan fingerprint density at radius 1 is 1.07 bits per heavy atom. The van der Waals surface area contributed by atoms with Gasteiger partial charge in [-0.05, 0) is 51.8 Å². The molecule has 2 atom stereocenters. The van der Waals surface area contributed by atoms with E-state index in [0.717, 1.165) is 34.6 Å². The molecule has 6 heteroatoms. The van der Waals surface area contributed by atoms with Crippen LogP contribution in [0.3, 0.4) is 0 Å². The highest BCUT2D eigenvalue weighted by Gasteiger charge is 2.40. The van der Waals surface area contributed by atoms with E-state index >= 15 is 0 Å². The third-order valence-corrected chi connectivity index (χ3v) is 5.97. The zero-order valence-corrected chi connectivity index (χ0v) is 17.0. The maximum atomic E-state index is 13.7. The normalized spacial score (nSPS) is 20.2. The second-order valence-electron chi connectivity index (χ2n) is 6.84. The van der Waals surface area contributed by atoms with Crippen molar-refractivity contribution in [2.45, 2.75) is 18.7 Å². The smallest absolute Gasteiger partial charge is 0.213 e. The van der Waals surface area contributed by atoms with E-state index in [4.69, 9.17) is 21.4 Å². The highest BCUT2D eigenvalue weighted by Crippen LogP contribution is 2.47. The van der Waals surface area contributed by atoms with E-state index in [9.17, 15) is 4.39 Å². The maximum Gasteiger partial charge on any atom is 0.213 e. The Labute approximate surface area is 175 Å². The minimum Gasteiger partial charge on any atom is -0.464 e. The minimum atomic E-state index is -0.429. The molecule has 0 saturated heterocycles. The average Bonchev–Trinajstić information content (AvgIpc) is 3.16. The maximum absolute atomic E-state index is 13.7. The molecule has 28 heavy (non-hydrogen) atoms. The summed E-state index contributed by atoms with van der Waals surface area (Å²) in [7, 11) is 0. The molecule has 0 radical (unpaired) electrons. The van der Waals surface area contributed by atoms with Crippen LogP contribution in [0.25, 0.3) is 0 Å². The lowest BCUT2D eigenvalue weighted by atomic mass is 9.96. The van der Waals surface area contributed by atoms with Gasteiger partial charge in [0.25, 0.3) is 0 Å². The van der Waals surface area contributed by atoms with Crippen molar-refractivity contribution in [2.24, 2.45) is 5.10 Å². The van der Waals surface area contributed by atoms with Gasteiger partial charge >= 0.3 is 0 Å². The van der Waals surface area contributed by atoms with Gasteiger partial charge in [0.1, 0.15) is 11.6 Å². The van der Waals surface area contributed by atoms with Gasteiger partial charge in [0.05, 0.1) is 16.2 Å². The van der Waals surface area contributed by atoms with E-state index in [-0.39, 0.29) is 11.9 Å². The van der Waals surface area contributed by atoms with Crippen LogP contribution in [0, 0.1) is 5.82 Å². The molecular formula is C22H15BrClFN2O.